The zero-order valence-corrected chi connectivity index (χ0v) is 13.3. The number of pyridine rings is 1. The number of aromatic nitrogens is 1. The molecule has 0 radical (unpaired) electrons. The van der Waals surface area contributed by atoms with Gasteiger partial charge in [-0.25, -0.2) is 8.42 Å². The summed E-state index contributed by atoms with van der Waals surface area (Å²) in [4.78, 5) is 4.01. The van der Waals surface area contributed by atoms with Crippen LogP contribution in [0.4, 0.5) is 0 Å². The molecule has 0 aliphatic heterocycles. The predicted molar refractivity (Wildman–Crippen MR) is 81.0 cm³/mol. The lowest BCUT2D eigenvalue weighted by molar-refractivity contribution is 0.350. The van der Waals surface area contributed by atoms with Crippen molar-refractivity contribution in [1.29, 1.82) is 0 Å². The Morgan fingerprint density at radius 3 is 2.80 bits per heavy atom. The van der Waals surface area contributed by atoms with Gasteiger partial charge in [0.2, 0.25) is 10.0 Å². The summed E-state index contributed by atoms with van der Waals surface area (Å²) in [6, 6.07) is 1.36. The quantitative estimate of drug-likeness (QED) is 0.814. The van der Waals surface area contributed by atoms with Crippen molar-refractivity contribution >= 4 is 21.8 Å². The molecule has 110 valence electrons. The second kappa shape index (κ2) is 7.64. The Morgan fingerprint density at radius 1 is 1.50 bits per heavy atom. The second-order valence-electron chi connectivity index (χ2n) is 4.19. The first-order chi connectivity index (χ1) is 9.43. The molecule has 1 unspecified atom stereocenters. The van der Waals surface area contributed by atoms with Crippen LogP contribution in [-0.2, 0) is 10.0 Å². The third-order valence-electron chi connectivity index (χ3n) is 2.73. The third kappa shape index (κ3) is 4.21. The highest BCUT2D eigenvalue weighted by atomic mass is 32.2. The first-order valence-corrected chi connectivity index (χ1v) is 8.78. The Hall–Kier alpha value is -1.07. The summed E-state index contributed by atoms with van der Waals surface area (Å²) in [6.45, 7) is 1.58. The maximum atomic E-state index is 12.5. The Labute approximate surface area is 124 Å². The average Bonchev–Trinajstić information content (AvgIpc) is 2.44. The van der Waals surface area contributed by atoms with Crippen molar-refractivity contribution in [2.24, 2.45) is 0 Å². The lowest BCUT2D eigenvalue weighted by Crippen LogP contribution is -2.36. The Kier molecular flexibility index (Phi) is 6.49. The van der Waals surface area contributed by atoms with E-state index in [0.717, 1.165) is 0 Å². The molecular weight excluding hydrogens is 296 g/mol. The largest absolute Gasteiger partial charge is 0.384 e. The molecular formula is C13H18N2O3S2. The van der Waals surface area contributed by atoms with Gasteiger partial charge in [-0.05, 0) is 19.2 Å². The summed E-state index contributed by atoms with van der Waals surface area (Å²) < 4.78 is 26.2. The van der Waals surface area contributed by atoms with Crippen molar-refractivity contribution in [3.05, 3.63) is 24.0 Å². The standard InChI is InChI=1S/C13H18N2O3S2/c1-11(10-19-3)15(2)20(17,18)13-7-12(5-4-6-16)8-14-9-13/h7-9,11,16H,6,10H2,1-3H3. The number of sulfonamides is 1. The van der Waals surface area contributed by atoms with Crippen LogP contribution in [0.25, 0.3) is 0 Å². The van der Waals surface area contributed by atoms with Crippen LogP contribution in [-0.4, -0.2) is 54.5 Å². The maximum absolute atomic E-state index is 12.5. The van der Waals surface area contributed by atoms with Gasteiger partial charge in [0.25, 0.3) is 0 Å². The number of hydrogen-bond donors (Lipinski definition) is 1. The molecule has 20 heavy (non-hydrogen) atoms. The van der Waals surface area contributed by atoms with Gasteiger partial charge in [0, 0.05) is 36.8 Å². The molecule has 1 rings (SSSR count). The molecule has 0 amide bonds. The van der Waals surface area contributed by atoms with Crippen LogP contribution in [0.1, 0.15) is 12.5 Å². The highest BCUT2D eigenvalue weighted by molar-refractivity contribution is 7.98. The van der Waals surface area contributed by atoms with Gasteiger partial charge in [-0.15, -0.1) is 0 Å². The average molecular weight is 314 g/mol. The zero-order valence-electron chi connectivity index (χ0n) is 11.7. The minimum Gasteiger partial charge on any atom is -0.384 e. The van der Waals surface area contributed by atoms with E-state index in [1.807, 2.05) is 13.2 Å². The van der Waals surface area contributed by atoms with Crippen molar-refractivity contribution in [2.75, 3.05) is 25.7 Å². The van der Waals surface area contributed by atoms with Gasteiger partial charge in [0.05, 0.1) is 0 Å². The molecule has 0 aromatic carbocycles. The molecule has 1 aromatic rings. The van der Waals surface area contributed by atoms with Crippen molar-refractivity contribution in [2.45, 2.75) is 17.9 Å². The summed E-state index contributed by atoms with van der Waals surface area (Å²) in [6.07, 6.45) is 4.71. The second-order valence-corrected chi connectivity index (χ2v) is 7.10. The SMILES string of the molecule is CSCC(C)N(C)S(=O)(=O)c1cncc(C#CCO)c1. The van der Waals surface area contributed by atoms with E-state index in [2.05, 4.69) is 16.8 Å². The van der Waals surface area contributed by atoms with Gasteiger partial charge < -0.3 is 5.11 Å². The van der Waals surface area contributed by atoms with Crippen LogP contribution >= 0.6 is 11.8 Å². The molecule has 0 spiro atoms. The number of aliphatic hydroxyl groups excluding tert-OH is 1. The van der Waals surface area contributed by atoms with Gasteiger partial charge in [0.15, 0.2) is 0 Å². The Bertz CT molecular complexity index is 606. The molecule has 0 aliphatic rings. The van der Waals surface area contributed by atoms with E-state index in [1.54, 1.807) is 18.8 Å². The third-order valence-corrected chi connectivity index (χ3v) is 5.48. The first-order valence-electron chi connectivity index (χ1n) is 5.95. The maximum Gasteiger partial charge on any atom is 0.244 e. The minimum absolute atomic E-state index is 0.109. The number of nitrogens with zero attached hydrogens (tertiary/aromatic N) is 2. The van der Waals surface area contributed by atoms with Crippen LogP contribution in [0.3, 0.4) is 0 Å². The van der Waals surface area contributed by atoms with Gasteiger partial charge in [-0.2, -0.15) is 16.1 Å². The van der Waals surface area contributed by atoms with Crippen LogP contribution < -0.4 is 0 Å². The number of aliphatic hydroxyl groups is 1. The fraction of sp³-hybridized carbons (Fsp3) is 0.462. The monoisotopic (exact) mass is 314 g/mol. The van der Waals surface area contributed by atoms with Gasteiger partial charge in [-0.3, -0.25) is 4.98 Å². The number of hydrogen-bond acceptors (Lipinski definition) is 5. The lowest BCUT2D eigenvalue weighted by Gasteiger charge is -2.23. The molecule has 7 heteroatoms. The van der Waals surface area contributed by atoms with Crippen LogP contribution in [0.15, 0.2) is 23.4 Å². The number of rotatable bonds is 5. The van der Waals surface area contributed by atoms with Crippen molar-refractivity contribution in [3.63, 3.8) is 0 Å². The zero-order chi connectivity index (χ0) is 15.2. The fourth-order valence-corrected chi connectivity index (χ4v) is 3.67. The van der Waals surface area contributed by atoms with E-state index >= 15 is 0 Å². The highest BCUT2D eigenvalue weighted by Gasteiger charge is 2.25. The van der Waals surface area contributed by atoms with Gasteiger partial charge >= 0.3 is 0 Å². The summed E-state index contributed by atoms with van der Waals surface area (Å²) >= 11 is 1.59. The summed E-state index contributed by atoms with van der Waals surface area (Å²) in [7, 11) is -2.02. The Balaban J connectivity index is 3.09. The van der Waals surface area contributed by atoms with Crippen LogP contribution in [0.2, 0.25) is 0 Å². The molecule has 0 saturated heterocycles. The fourth-order valence-electron chi connectivity index (χ4n) is 1.52. The van der Waals surface area contributed by atoms with Gasteiger partial charge in [-0.1, -0.05) is 11.8 Å². The summed E-state index contributed by atoms with van der Waals surface area (Å²) in [5, 5.41) is 8.65. The first kappa shape index (κ1) is 17.0. The minimum atomic E-state index is -3.58. The smallest absolute Gasteiger partial charge is 0.244 e. The van der Waals surface area contributed by atoms with E-state index in [0.29, 0.717) is 11.3 Å². The predicted octanol–water partition coefficient (Wildman–Crippen LogP) is 0.797. The molecule has 0 saturated carbocycles. The number of thioether (sulfide) groups is 1. The van der Waals surface area contributed by atoms with E-state index < -0.39 is 10.0 Å². The van der Waals surface area contributed by atoms with Crippen molar-refractivity contribution < 1.29 is 13.5 Å². The van der Waals surface area contributed by atoms with E-state index in [-0.39, 0.29) is 17.5 Å². The summed E-state index contributed by atoms with van der Waals surface area (Å²) in [5.41, 5.74) is 0.464. The molecule has 0 bridgehead atoms. The normalized spacial score (nSPS) is 12.8. The van der Waals surface area contributed by atoms with E-state index in [1.165, 1.54) is 22.8 Å². The van der Waals surface area contributed by atoms with E-state index in [4.69, 9.17) is 5.11 Å². The lowest BCUT2D eigenvalue weighted by atomic mass is 10.3. The van der Waals surface area contributed by atoms with E-state index in [9.17, 15) is 8.42 Å². The van der Waals surface area contributed by atoms with Gasteiger partial charge in [0.1, 0.15) is 11.5 Å². The Morgan fingerprint density at radius 2 is 2.20 bits per heavy atom. The molecule has 1 heterocycles. The molecule has 1 aromatic heterocycles. The molecule has 1 N–H and O–H groups in total. The molecule has 0 aliphatic carbocycles. The van der Waals surface area contributed by atoms with Crippen molar-refractivity contribution in [3.8, 4) is 11.8 Å². The molecule has 1 atom stereocenters. The topological polar surface area (TPSA) is 70.5 Å². The molecule has 5 nitrogen and oxygen atoms in total. The van der Waals surface area contributed by atoms with Crippen LogP contribution in [0, 0.1) is 11.8 Å². The van der Waals surface area contributed by atoms with Crippen molar-refractivity contribution in [1.82, 2.24) is 9.29 Å². The highest BCUT2D eigenvalue weighted by Crippen LogP contribution is 2.18. The molecule has 0 fully saturated rings. The van der Waals surface area contributed by atoms with Crippen LogP contribution in [0.5, 0.6) is 0 Å². The summed E-state index contributed by atoms with van der Waals surface area (Å²) in [5.74, 6) is 5.84.